The summed E-state index contributed by atoms with van der Waals surface area (Å²) in [7, 11) is -3.68. The fraction of sp³-hybridized carbons (Fsp3) is 0.0769. The van der Waals surface area contributed by atoms with Crippen molar-refractivity contribution in [2.75, 3.05) is 4.72 Å². The predicted octanol–water partition coefficient (Wildman–Crippen LogP) is 3.15. The standard InChI is InChI=1S/C13H12ClNO3S/c1-9-2-3-10(8-13(9)14)15-19(17,18)12-6-4-11(16)5-7-12/h2-8,15-16H,1H3. The molecule has 0 aromatic heterocycles. The van der Waals surface area contributed by atoms with Crippen molar-refractivity contribution in [3.05, 3.63) is 53.1 Å². The minimum Gasteiger partial charge on any atom is -0.508 e. The minimum atomic E-state index is -3.68. The number of nitrogens with one attached hydrogen (secondary N) is 1. The molecule has 0 saturated heterocycles. The average molecular weight is 298 g/mol. The van der Waals surface area contributed by atoms with Crippen LogP contribution in [0.3, 0.4) is 0 Å². The quantitative estimate of drug-likeness (QED) is 0.914. The number of anilines is 1. The summed E-state index contributed by atoms with van der Waals surface area (Å²) in [6.45, 7) is 1.83. The van der Waals surface area contributed by atoms with Gasteiger partial charge in [0.2, 0.25) is 0 Å². The number of hydrogen-bond acceptors (Lipinski definition) is 3. The number of aromatic hydroxyl groups is 1. The Hall–Kier alpha value is -1.72. The number of phenols is 1. The Morgan fingerprint density at radius 3 is 2.32 bits per heavy atom. The topological polar surface area (TPSA) is 66.4 Å². The van der Waals surface area contributed by atoms with Crippen molar-refractivity contribution in [2.24, 2.45) is 0 Å². The molecule has 0 aliphatic carbocycles. The Morgan fingerprint density at radius 1 is 1.11 bits per heavy atom. The van der Waals surface area contributed by atoms with Crippen LogP contribution in [-0.4, -0.2) is 13.5 Å². The van der Waals surface area contributed by atoms with Crippen LogP contribution in [0, 0.1) is 6.92 Å². The molecule has 6 heteroatoms. The summed E-state index contributed by atoms with van der Waals surface area (Å²) >= 11 is 5.94. The molecule has 2 rings (SSSR count). The number of benzene rings is 2. The van der Waals surface area contributed by atoms with Crippen LogP contribution in [0.4, 0.5) is 5.69 Å². The molecule has 2 N–H and O–H groups in total. The van der Waals surface area contributed by atoms with Crippen molar-refractivity contribution in [3.63, 3.8) is 0 Å². The molecule has 0 spiro atoms. The van der Waals surface area contributed by atoms with Crippen LogP contribution in [0.15, 0.2) is 47.4 Å². The highest BCUT2D eigenvalue weighted by Crippen LogP contribution is 2.23. The zero-order valence-corrected chi connectivity index (χ0v) is 11.7. The summed E-state index contributed by atoms with van der Waals surface area (Å²) in [5, 5.41) is 9.64. The van der Waals surface area contributed by atoms with Crippen LogP contribution >= 0.6 is 11.6 Å². The van der Waals surface area contributed by atoms with Gasteiger partial charge in [0.25, 0.3) is 10.0 Å². The van der Waals surface area contributed by atoms with Gasteiger partial charge in [-0.15, -0.1) is 0 Å². The van der Waals surface area contributed by atoms with Gasteiger partial charge in [-0.1, -0.05) is 17.7 Å². The van der Waals surface area contributed by atoms with E-state index in [1.165, 1.54) is 24.3 Å². The minimum absolute atomic E-state index is 0.0114. The average Bonchev–Trinajstić information content (AvgIpc) is 2.34. The molecule has 0 heterocycles. The lowest BCUT2D eigenvalue weighted by Crippen LogP contribution is -2.12. The third kappa shape index (κ3) is 3.19. The molecule has 0 bridgehead atoms. The molecule has 2 aromatic rings. The number of aryl methyl sites for hydroxylation is 1. The van der Waals surface area contributed by atoms with E-state index >= 15 is 0 Å². The molecule has 0 radical (unpaired) electrons. The van der Waals surface area contributed by atoms with Gasteiger partial charge >= 0.3 is 0 Å². The molecule has 0 unspecified atom stereocenters. The number of rotatable bonds is 3. The highest BCUT2D eigenvalue weighted by Gasteiger charge is 2.14. The smallest absolute Gasteiger partial charge is 0.261 e. The van der Waals surface area contributed by atoms with Gasteiger partial charge in [-0.2, -0.15) is 0 Å². The molecule has 100 valence electrons. The molecule has 0 fully saturated rings. The first-order chi connectivity index (χ1) is 8.88. The van der Waals surface area contributed by atoms with E-state index in [1.54, 1.807) is 18.2 Å². The van der Waals surface area contributed by atoms with Crippen molar-refractivity contribution >= 4 is 27.3 Å². The highest BCUT2D eigenvalue weighted by molar-refractivity contribution is 7.92. The van der Waals surface area contributed by atoms with Gasteiger partial charge in [0.1, 0.15) is 5.75 Å². The number of halogens is 1. The van der Waals surface area contributed by atoms with E-state index in [9.17, 15) is 8.42 Å². The normalized spacial score (nSPS) is 11.3. The van der Waals surface area contributed by atoms with E-state index in [0.29, 0.717) is 10.7 Å². The molecular weight excluding hydrogens is 286 g/mol. The van der Waals surface area contributed by atoms with Gasteiger partial charge in [-0.05, 0) is 48.9 Å². The maximum Gasteiger partial charge on any atom is 0.261 e. The van der Waals surface area contributed by atoms with Crippen LogP contribution in [0.1, 0.15) is 5.56 Å². The summed E-state index contributed by atoms with van der Waals surface area (Å²) in [6.07, 6.45) is 0. The van der Waals surface area contributed by atoms with Crippen LogP contribution in [0.25, 0.3) is 0 Å². The zero-order valence-electron chi connectivity index (χ0n) is 10.1. The Bertz CT molecular complexity index is 696. The van der Waals surface area contributed by atoms with Crippen LogP contribution in [-0.2, 0) is 10.0 Å². The Morgan fingerprint density at radius 2 is 1.74 bits per heavy atom. The number of hydrogen-bond donors (Lipinski definition) is 2. The molecule has 19 heavy (non-hydrogen) atoms. The Kier molecular flexibility index (Phi) is 3.68. The van der Waals surface area contributed by atoms with Gasteiger partial charge in [0.05, 0.1) is 10.6 Å². The first-order valence-electron chi connectivity index (χ1n) is 5.46. The maximum atomic E-state index is 12.1. The fourth-order valence-corrected chi connectivity index (χ4v) is 2.73. The third-order valence-electron chi connectivity index (χ3n) is 2.57. The van der Waals surface area contributed by atoms with Crippen LogP contribution in [0.2, 0.25) is 5.02 Å². The van der Waals surface area contributed by atoms with E-state index in [0.717, 1.165) is 5.56 Å². The Balaban J connectivity index is 2.30. The van der Waals surface area contributed by atoms with Gasteiger partial charge in [-0.25, -0.2) is 8.42 Å². The molecule has 0 amide bonds. The largest absolute Gasteiger partial charge is 0.508 e. The van der Waals surface area contributed by atoms with E-state index < -0.39 is 10.0 Å². The predicted molar refractivity (Wildman–Crippen MR) is 75.1 cm³/mol. The third-order valence-corrected chi connectivity index (χ3v) is 4.38. The van der Waals surface area contributed by atoms with Gasteiger partial charge < -0.3 is 5.11 Å². The highest BCUT2D eigenvalue weighted by atomic mass is 35.5. The van der Waals surface area contributed by atoms with Gasteiger partial charge in [-0.3, -0.25) is 4.72 Å². The van der Waals surface area contributed by atoms with Crippen molar-refractivity contribution in [3.8, 4) is 5.75 Å². The molecule has 0 saturated carbocycles. The molecule has 4 nitrogen and oxygen atoms in total. The summed E-state index contributed by atoms with van der Waals surface area (Å²) in [5.74, 6) is 0.0114. The molecule has 2 aromatic carbocycles. The molecule has 0 aliphatic heterocycles. The van der Waals surface area contributed by atoms with E-state index in [-0.39, 0.29) is 10.6 Å². The summed E-state index contributed by atoms with van der Waals surface area (Å²) in [6, 6.07) is 10.2. The second-order valence-electron chi connectivity index (χ2n) is 4.06. The van der Waals surface area contributed by atoms with Gasteiger partial charge in [0, 0.05) is 5.02 Å². The zero-order chi connectivity index (χ0) is 14.0. The van der Waals surface area contributed by atoms with E-state index in [1.807, 2.05) is 6.92 Å². The van der Waals surface area contributed by atoms with Crippen LogP contribution in [0.5, 0.6) is 5.75 Å². The lowest BCUT2D eigenvalue weighted by molar-refractivity contribution is 0.475. The first kappa shape index (κ1) is 13.7. The Labute approximate surface area is 116 Å². The second-order valence-corrected chi connectivity index (χ2v) is 6.15. The van der Waals surface area contributed by atoms with Crippen molar-refractivity contribution in [1.29, 1.82) is 0 Å². The van der Waals surface area contributed by atoms with Crippen molar-refractivity contribution in [1.82, 2.24) is 0 Å². The monoisotopic (exact) mass is 297 g/mol. The van der Waals surface area contributed by atoms with Crippen molar-refractivity contribution < 1.29 is 13.5 Å². The van der Waals surface area contributed by atoms with E-state index in [4.69, 9.17) is 16.7 Å². The van der Waals surface area contributed by atoms with Crippen LogP contribution < -0.4 is 4.72 Å². The SMILES string of the molecule is Cc1ccc(NS(=O)(=O)c2ccc(O)cc2)cc1Cl. The molecule has 0 aliphatic rings. The first-order valence-corrected chi connectivity index (χ1v) is 7.32. The number of sulfonamides is 1. The number of phenolic OH excluding ortho intramolecular Hbond substituents is 1. The molecular formula is C13H12ClNO3S. The summed E-state index contributed by atoms with van der Waals surface area (Å²) in [5.41, 5.74) is 1.26. The van der Waals surface area contributed by atoms with Gasteiger partial charge in [0.15, 0.2) is 0 Å². The maximum absolute atomic E-state index is 12.1. The lowest BCUT2D eigenvalue weighted by Gasteiger charge is -2.09. The summed E-state index contributed by atoms with van der Waals surface area (Å²) < 4.78 is 26.6. The lowest BCUT2D eigenvalue weighted by atomic mass is 10.2. The fourth-order valence-electron chi connectivity index (χ4n) is 1.50. The molecule has 0 atom stereocenters. The van der Waals surface area contributed by atoms with Crippen molar-refractivity contribution in [2.45, 2.75) is 11.8 Å². The summed E-state index contributed by atoms with van der Waals surface area (Å²) in [4.78, 5) is 0.0713. The van der Waals surface area contributed by atoms with E-state index in [2.05, 4.69) is 4.72 Å². The second kappa shape index (κ2) is 5.11.